The van der Waals surface area contributed by atoms with E-state index in [0.717, 1.165) is 0 Å². The summed E-state index contributed by atoms with van der Waals surface area (Å²) in [5.74, 6) is -1.07. The number of rotatable bonds is 3. The summed E-state index contributed by atoms with van der Waals surface area (Å²) in [6, 6.07) is 0. The van der Waals surface area contributed by atoms with Gasteiger partial charge in [0.2, 0.25) is 0 Å². The highest BCUT2D eigenvalue weighted by Crippen LogP contribution is 2.18. The van der Waals surface area contributed by atoms with Crippen LogP contribution in [0.3, 0.4) is 0 Å². The van der Waals surface area contributed by atoms with Crippen LogP contribution in [0.1, 0.15) is 20.8 Å². The van der Waals surface area contributed by atoms with E-state index in [1.165, 1.54) is 0 Å². The molecule has 0 rings (SSSR count). The SMILES string of the molecule is CC(C)C(Cl)C(C)C(=O)O. The molecule has 0 aliphatic rings. The van der Waals surface area contributed by atoms with Crippen molar-refractivity contribution in [1.82, 2.24) is 0 Å². The van der Waals surface area contributed by atoms with Crippen LogP contribution >= 0.6 is 11.6 Å². The van der Waals surface area contributed by atoms with Gasteiger partial charge in [0, 0.05) is 5.38 Å². The number of carboxylic acid groups (broad SMARTS) is 1. The number of carbonyl (C=O) groups is 1. The summed E-state index contributed by atoms with van der Waals surface area (Å²) in [6.07, 6.45) is 0. The highest BCUT2D eigenvalue weighted by molar-refractivity contribution is 6.22. The highest BCUT2D eigenvalue weighted by Gasteiger charge is 2.23. The first kappa shape index (κ1) is 9.76. The fourth-order valence-electron chi connectivity index (χ4n) is 0.714. The zero-order chi connectivity index (χ0) is 8.31. The van der Waals surface area contributed by atoms with Crippen molar-refractivity contribution in [2.24, 2.45) is 11.8 Å². The Hall–Kier alpha value is -0.240. The van der Waals surface area contributed by atoms with Gasteiger partial charge in [0.25, 0.3) is 0 Å². The van der Waals surface area contributed by atoms with Crippen LogP contribution in [0, 0.1) is 11.8 Å². The lowest BCUT2D eigenvalue weighted by Gasteiger charge is -2.16. The van der Waals surface area contributed by atoms with Crippen LogP contribution in [0.15, 0.2) is 0 Å². The van der Waals surface area contributed by atoms with Crippen LogP contribution in [0.25, 0.3) is 0 Å². The monoisotopic (exact) mass is 164 g/mol. The Morgan fingerprint density at radius 3 is 1.90 bits per heavy atom. The quantitative estimate of drug-likeness (QED) is 0.648. The van der Waals surface area contributed by atoms with Crippen LogP contribution < -0.4 is 0 Å². The Bertz CT molecular complexity index is 123. The van der Waals surface area contributed by atoms with Gasteiger partial charge in [-0.25, -0.2) is 0 Å². The van der Waals surface area contributed by atoms with E-state index >= 15 is 0 Å². The summed E-state index contributed by atoms with van der Waals surface area (Å²) in [6.45, 7) is 5.45. The largest absolute Gasteiger partial charge is 0.481 e. The maximum atomic E-state index is 10.4. The van der Waals surface area contributed by atoms with Crippen molar-refractivity contribution in [2.75, 3.05) is 0 Å². The van der Waals surface area contributed by atoms with Crippen LogP contribution in [0.4, 0.5) is 0 Å². The third-order valence-electron chi connectivity index (χ3n) is 1.50. The maximum Gasteiger partial charge on any atom is 0.307 e. The lowest BCUT2D eigenvalue weighted by atomic mass is 9.98. The maximum absolute atomic E-state index is 10.4. The summed E-state index contributed by atoms with van der Waals surface area (Å²) >= 11 is 5.78. The molecule has 0 aromatic carbocycles. The van der Waals surface area contributed by atoms with Gasteiger partial charge >= 0.3 is 5.97 Å². The average molecular weight is 165 g/mol. The lowest BCUT2D eigenvalue weighted by Crippen LogP contribution is -2.25. The van der Waals surface area contributed by atoms with E-state index in [0.29, 0.717) is 0 Å². The fraction of sp³-hybridized carbons (Fsp3) is 0.857. The molecule has 0 amide bonds. The Balaban J connectivity index is 3.94. The molecule has 0 aliphatic carbocycles. The molecule has 0 heterocycles. The number of alkyl halides is 1. The predicted octanol–water partition coefficient (Wildman–Crippen LogP) is 1.97. The predicted molar refractivity (Wildman–Crippen MR) is 41.3 cm³/mol. The molecule has 0 saturated carbocycles. The Morgan fingerprint density at radius 1 is 1.40 bits per heavy atom. The number of hydrogen-bond acceptors (Lipinski definition) is 1. The molecular formula is C7H13ClO2. The van der Waals surface area contributed by atoms with E-state index in [2.05, 4.69) is 0 Å². The van der Waals surface area contributed by atoms with Crippen molar-refractivity contribution in [3.05, 3.63) is 0 Å². The molecule has 0 aromatic rings. The minimum atomic E-state index is -0.825. The third-order valence-corrected chi connectivity index (χ3v) is 2.39. The molecule has 2 nitrogen and oxygen atoms in total. The molecular weight excluding hydrogens is 152 g/mol. The summed E-state index contributed by atoms with van der Waals surface area (Å²) < 4.78 is 0. The lowest BCUT2D eigenvalue weighted by molar-refractivity contribution is -0.141. The van der Waals surface area contributed by atoms with E-state index in [9.17, 15) is 4.79 Å². The topological polar surface area (TPSA) is 37.3 Å². The van der Waals surface area contributed by atoms with Crippen molar-refractivity contribution in [3.63, 3.8) is 0 Å². The van der Waals surface area contributed by atoms with Gasteiger partial charge in [-0.15, -0.1) is 11.6 Å². The van der Waals surface area contributed by atoms with E-state index in [1.807, 2.05) is 13.8 Å². The van der Waals surface area contributed by atoms with E-state index < -0.39 is 11.9 Å². The molecule has 0 radical (unpaired) electrons. The molecule has 0 aromatic heterocycles. The van der Waals surface area contributed by atoms with Gasteiger partial charge in [0.05, 0.1) is 5.92 Å². The number of carboxylic acids is 1. The van der Waals surface area contributed by atoms with E-state index in [1.54, 1.807) is 6.92 Å². The average Bonchev–Trinajstić information content (AvgIpc) is 1.84. The van der Waals surface area contributed by atoms with Crippen molar-refractivity contribution >= 4 is 17.6 Å². The Labute approximate surface area is 66.2 Å². The molecule has 3 heteroatoms. The first-order valence-electron chi connectivity index (χ1n) is 3.33. The summed E-state index contributed by atoms with van der Waals surface area (Å²) in [5, 5.41) is 8.25. The molecule has 2 atom stereocenters. The second-order valence-electron chi connectivity index (χ2n) is 2.82. The van der Waals surface area contributed by atoms with Gasteiger partial charge in [-0.2, -0.15) is 0 Å². The number of hydrogen-bond donors (Lipinski definition) is 1. The molecule has 0 aliphatic heterocycles. The molecule has 0 spiro atoms. The molecule has 60 valence electrons. The molecule has 1 N–H and O–H groups in total. The molecule has 0 fully saturated rings. The van der Waals surface area contributed by atoms with Crippen molar-refractivity contribution in [3.8, 4) is 0 Å². The van der Waals surface area contributed by atoms with Crippen molar-refractivity contribution in [2.45, 2.75) is 26.1 Å². The number of halogens is 1. The van der Waals surface area contributed by atoms with E-state index in [4.69, 9.17) is 16.7 Å². The summed E-state index contributed by atoms with van der Waals surface area (Å²) in [5.41, 5.74) is 0. The molecule has 10 heavy (non-hydrogen) atoms. The Kier molecular flexibility index (Phi) is 3.72. The Morgan fingerprint density at radius 2 is 1.80 bits per heavy atom. The fourth-order valence-corrected chi connectivity index (χ4v) is 0.821. The van der Waals surface area contributed by atoms with Gasteiger partial charge in [-0.3, -0.25) is 4.79 Å². The van der Waals surface area contributed by atoms with Gasteiger partial charge in [-0.05, 0) is 5.92 Å². The second-order valence-corrected chi connectivity index (χ2v) is 3.32. The third kappa shape index (κ3) is 2.56. The van der Waals surface area contributed by atoms with Gasteiger partial charge in [0.15, 0.2) is 0 Å². The first-order chi connectivity index (χ1) is 4.46. The van der Waals surface area contributed by atoms with Gasteiger partial charge in [0.1, 0.15) is 0 Å². The standard InChI is InChI=1S/C7H13ClO2/c1-4(2)6(8)5(3)7(9)10/h4-6H,1-3H3,(H,9,10). The first-order valence-corrected chi connectivity index (χ1v) is 3.77. The molecule has 0 bridgehead atoms. The van der Waals surface area contributed by atoms with Crippen molar-refractivity contribution in [1.29, 1.82) is 0 Å². The molecule has 2 unspecified atom stereocenters. The summed E-state index contributed by atoms with van der Waals surface area (Å²) in [7, 11) is 0. The van der Waals surface area contributed by atoms with Crippen molar-refractivity contribution < 1.29 is 9.90 Å². The highest BCUT2D eigenvalue weighted by atomic mass is 35.5. The van der Waals surface area contributed by atoms with E-state index in [-0.39, 0.29) is 11.3 Å². The van der Waals surface area contributed by atoms with Gasteiger partial charge < -0.3 is 5.11 Å². The van der Waals surface area contributed by atoms with Crippen LogP contribution in [-0.2, 0) is 4.79 Å². The summed E-state index contributed by atoms with van der Waals surface area (Å²) in [4.78, 5) is 10.4. The normalized spacial score (nSPS) is 16.9. The minimum Gasteiger partial charge on any atom is -0.481 e. The molecule has 0 saturated heterocycles. The minimum absolute atomic E-state index is 0.216. The number of aliphatic carboxylic acids is 1. The second kappa shape index (κ2) is 3.81. The van der Waals surface area contributed by atoms with Crippen LogP contribution in [-0.4, -0.2) is 16.5 Å². The smallest absolute Gasteiger partial charge is 0.307 e. The van der Waals surface area contributed by atoms with Crippen LogP contribution in [0.5, 0.6) is 0 Å². The van der Waals surface area contributed by atoms with Crippen LogP contribution in [0.2, 0.25) is 0 Å². The zero-order valence-corrected chi connectivity index (χ0v) is 7.22. The van der Waals surface area contributed by atoms with Gasteiger partial charge in [-0.1, -0.05) is 20.8 Å². The zero-order valence-electron chi connectivity index (χ0n) is 6.47.